The Morgan fingerprint density at radius 1 is 1.15 bits per heavy atom. The van der Waals surface area contributed by atoms with E-state index in [1.807, 2.05) is 0 Å². The molecule has 7 nitrogen and oxygen atoms in total. The van der Waals surface area contributed by atoms with Gasteiger partial charge >= 0.3 is 5.97 Å². The summed E-state index contributed by atoms with van der Waals surface area (Å²) in [6.07, 6.45) is -5.17. The van der Waals surface area contributed by atoms with Crippen molar-refractivity contribution < 1.29 is 35.1 Å². The van der Waals surface area contributed by atoms with Crippen LogP contribution in [-0.4, -0.2) is 68.6 Å². The number of carboxylic acids is 1. The van der Waals surface area contributed by atoms with Crippen LogP contribution in [0.4, 0.5) is 0 Å². The molecule has 1 fully saturated rings. The standard InChI is InChI=1S/C13H24O7/c1-6(4-9(15)16)3-7(2)13-12(19)11(18)10(17)8(5-14)20-13/h6-8,10-14,17-19H,3-5H2,1-2H3,(H,15,16)/t6?,7?,8-,10-,11+,12-,13+/m1/s1. The topological polar surface area (TPSA) is 127 Å². The van der Waals surface area contributed by atoms with E-state index < -0.39 is 43.1 Å². The van der Waals surface area contributed by atoms with Gasteiger partial charge in [0.15, 0.2) is 0 Å². The molecule has 2 unspecified atom stereocenters. The molecule has 1 aliphatic heterocycles. The molecule has 0 aromatic carbocycles. The van der Waals surface area contributed by atoms with Gasteiger partial charge in [0.1, 0.15) is 24.4 Å². The molecule has 5 N–H and O–H groups in total. The Morgan fingerprint density at radius 3 is 2.25 bits per heavy atom. The van der Waals surface area contributed by atoms with Crippen LogP contribution in [0.2, 0.25) is 0 Å². The fraction of sp³-hybridized carbons (Fsp3) is 0.923. The maximum absolute atomic E-state index is 10.6. The first-order valence-electron chi connectivity index (χ1n) is 6.80. The summed E-state index contributed by atoms with van der Waals surface area (Å²) in [6, 6.07) is 0. The predicted molar refractivity (Wildman–Crippen MR) is 69.0 cm³/mol. The summed E-state index contributed by atoms with van der Waals surface area (Å²) in [4.78, 5) is 10.6. The number of aliphatic hydroxyl groups is 4. The fourth-order valence-corrected chi connectivity index (χ4v) is 2.75. The molecule has 1 saturated heterocycles. The van der Waals surface area contributed by atoms with Gasteiger partial charge in [-0.15, -0.1) is 0 Å². The zero-order valence-corrected chi connectivity index (χ0v) is 11.7. The first kappa shape index (κ1) is 17.3. The zero-order valence-electron chi connectivity index (χ0n) is 11.7. The molecule has 0 aliphatic carbocycles. The van der Waals surface area contributed by atoms with E-state index in [0.29, 0.717) is 6.42 Å². The van der Waals surface area contributed by atoms with Crippen LogP contribution in [0.5, 0.6) is 0 Å². The van der Waals surface area contributed by atoms with E-state index in [1.54, 1.807) is 13.8 Å². The Kier molecular flexibility index (Phi) is 6.35. The molecule has 0 radical (unpaired) electrons. The third kappa shape index (κ3) is 4.13. The van der Waals surface area contributed by atoms with Gasteiger partial charge in [-0.3, -0.25) is 4.79 Å². The van der Waals surface area contributed by atoms with Crippen molar-refractivity contribution in [1.82, 2.24) is 0 Å². The first-order chi connectivity index (χ1) is 9.27. The van der Waals surface area contributed by atoms with E-state index >= 15 is 0 Å². The van der Waals surface area contributed by atoms with Crippen LogP contribution in [0, 0.1) is 11.8 Å². The second-order valence-corrected chi connectivity index (χ2v) is 5.71. The third-order valence-corrected chi connectivity index (χ3v) is 3.79. The fourth-order valence-electron chi connectivity index (χ4n) is 2.75. The number of rotatable bonds is 6. The summed E-state index contributed by atoms with van der Waals surface area (Å²) in [6.45, 7) is 3.11. The van der Waals surface area contributed by atoms with Crippen LogP contribution < -0.4 is 0 Å². The maximum atomic E-state index is 10.6. The van der Waals surface area contributed by atoms with Gasteiger partial charge in [0, 0.05) is 6.42 Å². The van der Waals surface area contributed by atoms with Crippen LogP contribution in [0.1, 0.15) is 26.7 Å². The van der Waals surface area contributed by atoms with Gasteiger partial charge in [-0.1, -0.05) is 13.8 Å². The third-order valence-electron chi connectivity index (χ3n) is 3.79. The molecule has 0 saturated carbocycles. The summed E-state index contributed by atoms with van der Waals surface area (Å²) in [5.41, 5.74) is 0. The molecule has 1 aliphatic rings. The van der Waals surface area contributed by atoms with Crippen LogP contribution in [0.3, 0.4) is 0 Å². The number of hydrogen-bond acceptors (Lipinski definition) is 6. The highest BCUT2D eigenvalue weighted by Gasteiger charge is 2.45. The normalized spacial score (nSPS) is 37.4. The molecule has 0 spiro atoms. The Hall–Kier alpha value is -0.730. The van der Waals surface area contributed by atoms with E-state index in [9.17, 15) is 20.1 Å². The highest BCUT2D eigenvalue weighted by molar-refractivity contribution is 5.66. The Morgan fingerprint density at radius 2 is 1.75 bits per heavy atom. The molecular weight excluding hydrogens is 268 g/mol. The monoisotopic (exact) mass is 292 g/mol. The molecule has 1 rings (SSSR count). The molecular formula is C13H24O7. The van der Waals surface area contributed by atoms with Crippen molar-refractivity contribution in [2.75, 3.05) is 6.61 Å². The van der Waals surface area contributed by atoms with Crippen molar-refractivity contribution in [3.8, 4) is 0 Å². The Labute approximate surface area is 117 Å². The number of aliphatic hydroxyl groups excluding tert-OH is 4. The van der Waals surface area contributed by atoms with E-state index in [0.717, 1.165) is 0 Å². The predicted octanol–water partition coefficient (Wildman–Crippen LogP) is -1.03. The maximum Gasteiger partial charge on any atom is 0.303 e. The van der Waals surface area contributed by atoms with E-state index in [4.69, 9.17) is 14.9 Å². The second-order valence-electron chi connectivity index (χ2n) is 5.71. The summed E-state index contributed by atoms with van der Waals surface area (Å²) in [7, 11) is 0. The van der Waals surface area contributed by atoms with Gasteiger partial charge in [0.05, 0.1) is 12.7 Å². The summed E-state index contributed by atoms with van der Waals surface area (Å²) < 4.78 is 5.44. The lowest BCUT2D eigenvalue weighted by atomic mass is 9.84. The SMILES string of the molecule is CC(CC(=O)O)CC(C)[C@@H]1O[C@H](CO)[C@@H](O)[C@H](O)[C@H]1O. The first-order valence-corrected chi connectivity index (χ1v) is 6.80. The molecule has 7 atom stereocenters. The molecule has 0 amide bonds. The minimum absolute atomic E-state index is 0.0156. The molecule has 0 aromatic rings. The van der Waals surface area contributed by atoms with E-state index in [1.165, 1.54) is 0 Å². The van der Waals surface area contributed by atoms with Gasteiger partial charge in [-0.2, -0.15) is 0 Å². The second kappa shape index (κ2) is 7.33. The van der Waals surface area contributed by atoms with Crippen molar-refractivity contribution in [2.45, 2.75) is 57.2 Å². The van der Waals surface area contributed by atoms with Crippen molar-refractivity contribution in [2.24, 2.45) is 11.8 Å². The number of hydrogen-bond donors (Lipinski definition) is 5. The lowest BCUT2D eigenvalue weighted by Crippen LogP contribution is -2.60. The van der Waals surface area contributed by atoms with Crippen molar-refractivity contribution in [3.05, 3.63) is 0 Å². The van der Waals surface area contributed by atoms with Gasteiger partial charge in [0.2, 0.25) is 0 Å². The van der Waals surface area contributed by atoms with Gasteiger partial charge in [-0.25, -0.2) is 0 Å². The Bertz CT molecular complexity index is 320. The lowest BCUT2D eigenvalue weighted by molar-refractivity contribution is -0.240. The number of carboxylic acid groups (broad SMARTS) is 1. The van der Waals surface area contributed by atoms with Crippen molar-refractivity contribution >= 4 is 5.97 Å². The molecule has 0 bridgehead atoms. The van der Waals surface area contributed by atoms with Crippen LogP contribution >= 0.6 is 0 Å². The zero-order chi connectivity index (χ0) is 15.4. The quantitative estimate of drug-likeness (QED) is 0.423. The van der Waals surface area contributed by atoms with Crippen LogP contribution in [0.25, 0.3) is 0 Å². The average molecular weight is 292 g/mol. The van der Waals surface area contributed by atoms with Crippen molar-refractivity contribution in [3.63, 3.8) is 0 Å². The lowest BCUT2D eigenvalue weighted by Gasteiger charge is -2.42. The van der Waals surface area contributed by atoms with E-state index in [2.05, 4.69) is 0 Å². The largest absolute Gasteiger partial charge is 0.481 e. The van der Waals surface area contributed by atoms with Gasteiger partial charge in [-0.05, 0) is 18.3 Å². The molecule has 118 valence electrons. The minimum Gasteiger partial charge on any atom is -0.481 e. The molecule has 20 heavy (non-hydrogen) atoms. The number of carbonyl (C=O) groups is 1. The Balaban J connectivity index is 2.66. The molecule has 7 heteroatoms. The number of ether oxygens (including phenoxy) is 1. The minimum atomic E-state index is -1.39. The van der Waals surface area contributed by atoms with Crippen LogP contribution in [-0.2, 0) is 9.53 Å². The molecule has 0 aromatic heterocycles. The molecule has 1 heterocycles. The van der Waals surface area contributed by atoms with Gasteiger partial charge < -0.3 is 30.3 Å². The highest BCUT2D eigenvalue weighted by atomic mass is 16.5. The van der Waals surface area contributed by atoms with Crippen molar-refractivity contribution in [1.29, 1.82) is 0 Å². The smallest absolute Gasteiger partial charge is 0.303 e. The summed E-state index contributed by atoms with van der Waals surface area (Å²) >= 11 is 0. The number of aliphatic carboxylic acids is 1. The van der Waals surface area contributed by atoms with E-state index in [-0.39, 0.29) is 18.3 Å². The highest BCUT2D eigenvalue weighted by Crippen LogP contribution is 2.29. The summed E-state index contributed by atoms with van der Waals surface area (Å²) in [5, 5.41) is 47.2. The average Bonchev–Trinajstić information content (AvgIpc) is 2.35. The van der Waals surface area contributed by atoms with Gasteiger partial charge in [0.25, 0.3) is 0 Å². The summed E-state index contributed by atoms with van der Waals surface area (Å²) in [5.74, 6) is -1.20. The van der Waals surface area contributed by atoms with Crippen LogP contribution in [0.15, 0.2) is 0 Å².